The van der Waals surface area contributed by atoms with Gasteiger partial charge in [-0.25, -0.2) is 9.97 Å². The molecule has 3 heterocycles. The van der Waals surface area contributed by atoms with Crippen LogP contribution in [0.1, 0.15) is 28.8 Å². The molecule has 6 nitrogen and oxygen atoms in total. The van der Waals surface area contributed by atoms with E-state index in [0.717, 1.165) is 50.6 Å². The van der Waals surface area contributed by atoms with Gasteiger partial charge in [0, 0.05) is 44.5 Å². The molecule has 0 aliphatic carbocycles. The molecule has 26 heavy (non-hydrogen) atoms. The maximum absolute atomic E-state index is 13.1. The number of amides is 1. The molecule has 0 bridgehead atoms. The third kappa shape index (κ3) is 3.17. The predicted octanol–water partition coefficient (Wildman–Crippen LogP) is 2.13. The van der Waals surface area contributed by atoms with Crippen molar-refractivity contribution in [3.05, 3.63) is 47.4 Å². The molecule has 2 aliphatic rings. The second kappa shape index (κ2) is 7.03. The number of piperazine rings is 1. The average Bonchev–Trinajstić information content (AvgIpc) is 3.11. The Morgan fingerprint density at radius 1 is 1.08 bits per heavy atom. The fourth-order valence-corrected chi connectivity index (χ4v) is 3.80. The Bertz CT molecular complexity index is 814. The van der Waals surface area contributed by atoms with E-state index in [9.17, 15) is 4.79 Å². The topological polar surface area (TPSA) is 52.6 Å². The summed E-state index contributed by atoms with van der Waals surface area (Å²) in [6.45, 7) is 9.77. The average molecular weight is 351 g/mol. The third-order valence-corrected chi connectivity index (χ3v) is 5.32. The summed E-state index contributed by atoms with van der Waals surface area (Å²) in [6.07, 6.45) is 0.901. The first kappa shape index (κ1) is 17.0. The van der Waals surface area contributed by atoms with E-state index >= 15 is 0 Å². The van der Waals surface area contributed by atoms with Crippen LogP contribution < -0.4 is 9.80 Å². The lowest BCUT2D eigenvalue weighted by atomic mass is 10.2. The molecule has 1 aromatic carbocycles. The van der Waals surface area contributed by atoms with Crippen molar-refractivity contribution < 1.29 is 4.79 Å². The Balaban J connectivity index is 1.58. The van der Waals surface area contributed by atoms with Crippen LogP contribution in [0.4, 0.5) is 11.5 Å². The van der Waals surface area contributed by atoms with Gasteiger partial charge in [-0.15, -0.1) is 0 Å². The number of aryl methyl sites for hydroxylation is 1. The number of benzene rings is 1. The summed E-state index contributed by atoms with van der Waals surface area (Å²) in [5.41, 5.74) is 2.72. The van der Waals surface area contributed by atoms with Crippen LogP contribution in [0.25, 0.3) is 0 Å². The summed E-state index contributed by atoms with van der Waals surface area (Å²) in [5.74, 6) is 1.48. The standard InChI is InChI=1S/C20H25N5O/c1-3-23-10-12-24(13-11-23)19-14-17(21-15(2)22-19)20(26)25-9-8-16-6-4-5-7-18(16)25/h4-7,14H,3,8-13H2,1-2H3. The van der Waals surface area contributed by atoms with Gasteiger partial charge >= 0.3 is 0 Å². The van der Waals surface area contributed by atoms with E-state index in [1.165, 1.54) is 5.56 Å². The largest absolute Gasteiger partial charge is 0.354 e. The van der Waals surface area contributed by atoms with E-state index in [1.54, 1.807) is 0 Å². The Hall–Kier alpha value is -2.47. The van der Waals surface area contributed by atoms with Gasteiger partial charge in [0.2, 0.25) is 0 Å². The molecule has 0 N–H and O–H groups in total. The lowest BCUT2D eigenvalue weighted by molar-refractivity contribution is 0.0984. The number of aromatic nitrogens is 2. The number of fused-ring (bicyclic) bond motifs is 1. The molecule has 0 spiro atoms. The quantitative estimate of drug-likeness (QED) is 0.848. The molecule has 136 valence electrons. The summed E-state index contributed by atoms with van der Waals surface area (Å²) in [5, 5.41) is 0. The summed E-state index contributed by atoms with van der Waals surface area (Å²) in [6, 6.07) is 9.97. The maximum Gasteiger partial charge on any atom is 0.277 e. The van der Waals surface area contributed by atoms with Crippen molar-refractivity contribution in [2.75, 3.05) is 49.1 Å². The van der Waals surface area contributed by atoms with Crippen LogP contribution in [0.5, 0.6) is 0 Å². The summed E-state index contributed by atoms with van der Waals surface area (Å²) in [4.78, 5) is 28.7. The van der Waals surface area contributed by atoms with Crippen molar-refractivity contribution in [1.82, 2.24) is 14.9 Å². The number of likely N-dealkylation sites (N-methyl/N-ethyl adjacent to an activating group) is 1. The van der Waals surface area contributed by atoms with Crippen molar-refractivity contribution in [2.45, 2.75) is 20.3 Å². The molecular formula is C20H25N5O. The van der Waals surface area contributed by atoms with Crippen LogP contribution in [-0.2, 0) is 6.42 Å². The van der Waals surface area contributed by atoms with Gasteiger partial charge in [0.05, 0.1) is 0 Å². The number of carbonyl (C=O) groups is 1. The number of hydrogen-bond acceptors (Lipinski definition) is 5. The number of para-hydroxylation sites is 1. The molecule has 1 aromatic heterocycles. The first-order valence-corrected chi connectivity index (χ1v) is 9.38. The molecular weight excluding hydrogens is 326 g/mol. The molecule has 1 amide bonds. The van der Waals surface area contributed by atoms with Crippen LogP contribution >= 0.6 is 0 Å². The normalized spacial score (nSPS) is 17.5. The van der Waals surface area contributed by atoms with Crippen molar-refractivity contribution in [3.8, 4) is 0 Å². The van der Waals surface area contributed by atoms with E-state index in [2.05, 4.69) is 32.8 Å². The minimum atomic E-state index is -0.0334. The van der Waals surface area contributed by atoms with E-state index in [4.69, 9.17) is 0 Å². The number of anilines is 2. The van der Waals surface area contributed by atoms with Gasteiger partial charge in [0.15, 0.2) is 0 Å². The molecule has 1 saturated heterocycles. The summed E-state index contributed by atoms with van der Waals surface area (Å²) < 4.78 is 0. The van der Waals surface area contributed by atoms with E-state index in [1.807, 2.05) is 36.1 Å². The molecule has 0 saturated carbocycles. The van der Waals surface area contributed by atoms with Gasteiger partial charge in [-0.05, 0) is 31.5 Å². The van der Waals surface area contributed by atoms with Gasteiger partial charge in [-0.3, -0.25) is 4.79 Å². The minimum absolute atomic E-state index is 0.0334. The van der Waals surface area contributed by atoms with Gasteiger partial charge in [-0.2, -0.15) is 0 Å². The number of hydrogen-bond donors (Lipinski definition) is 0. The SMILES string of the molecule is CCN1CCN(c2cc(C(=O)N3CCc4ccccc43)nc(C)n2)CC1. The van der Waals surface area contributed by atoms with Crippen molar-refractivity contribution in [3.63, 3.8) is 0 Å². The summed E-state index contributed by atoms with van der Waals surface area (Å²) >= 11 is 0. The lowest BCUT2D eigenvalue weighted by Crippen LogP contribution is -2.46. The highest BCUT2D eigenvalue weighted by Gasteiger charge is 2.27. The van der Waals surface area contributed by atoms with Crippen molar-refractivity contribution in [1.29, 1.82) is 0 Å². The monoisotopic (exact) mass is 351 g/mol. The fraction of sp³-hybridized carbons (Fsp3) is 0.450. The predicted molar refractivity (Wildman–Crippen MR) is 103 cm³/mol. The second-order valence-electron chi connectivity index (χ2n) is 6.92. The lowest BCUT2D eigenvalue weighted by Gasteiger charge is -2.35. The minimum Gasteiger partial charge on any atom is -0.354 e. The molecule has 4 rings (SSSR count). The summed E-state index contributed by atoms with van der Waals surface area (Å²) in [7, 11) is 0. The van der Waals surface area contributed by atoms with Crippen LogP contribution in [0.2, 0.25) is 0 Å². The Labute approximate surface area is 154 Å². The highest BCUT2D eigenvalue weighted by Crippen LogP contribution is 2.29. The van der Waals surface area contributed by atoms with Crippen molar-refractivity contribution >= 4 is 17.4 Å². The van der Waals surface area contributed by atoms with Gasteiger partial charge in [0.25, 0.3) is 5.91 Å². The highest BCUT2D eigenvalue weighted by atomic mass is 16.2. The smallest absolute Gasteiger partial charge is 0.277 e. The second-order valence-corrected chi connectivity index (χ2v) is 6.92. The van der Waals surface area contributed by atoms with Crippen molar-refractivity contribution in [2.24, 2.45) is 0 Å². The highest BCUT2D eigenvalue weighted by molar-refractivity contribution is 6.06. The third-order valence-electron chi connectivity index (χ3n) is 5.32. The van der Waals surface area contributed by atoms with Crippen LogP contribution in [0.3, 0.4) is 0 Å². The maximum atomic E-state index is 13.1. The Morgan fingerprint density at radius 3 is 2.62 bits per heavy atom. The Kier molecular flexibility index (Phi) is 4.59. The zero-order chi connectivity index (χ0) is 18.1. The molecule has 2 aliphatic heterocycles. The molecule has 0 unspecified atom stereocenters. The van der Waals surface area contributed by atoms with E-state index < -0.39 is 0 Å². The van der Waals surface area contributed by atoms with Crippen LogP contribution in [0.15, 0.2) is 30.3 Å². The Morgan fingerprint density at radius 2 is 1.85 bits per heavy atom. The zero-order valence-corrected chi connectivity index (χ0v) is 15.5. The molecule has 6 heteroatoms. The molecule has 1 fully saturated rings. The van der Waals surface area contributed by atoms with E-state index in [-0.39, 0.29) is 5.91 Å². The zero-order valence-electron chi connectivity index (χ0n) is 15.5. The molecule has 2 aromatic rings. The fourth-order valence-electron chi connectivity index (χ4n) is 3.80. The van der Waals surface area contributed by atoms with Gasteiger partial charge in [-0.1, -0.05) is 25.1 Å². The van der Waals surface area contributed by atoms with Crippen LogP contribution in [0, 0.1) is 6.92 Å². The molecule has 0 radical (unpaired) electrons. The first-order valence-electron chi connectivity index (χ1n) is 9.38. The molecule has 0 atom stereocenters. The van der Waals surface area contributed by atoms with Crippen LogP contribution in [-0.4, -0.2) is 60.0 Å². The first-order chi connectivity index (χ1) is 12.7. The number of nitrogens with zero attached hydrogens (tertiary/aromatic N) is 5. The van der Waals surface area contributed by atoms with E-state index in [0.29, 0.717) is 18.1 Å². The number of rotatable bonds is 3. The van der Waals surface area contributed by atoms with Gasteiger partial charge < -0.3 is 14.7 Å². The van der Waals surface area contributed by atoms with Gasteiger partial charge in [0.1, 0.15) is 17.3 Å². The number of carbonyl (C=O) groups excluding carboxylic acids is 1.